The molecule has 25 heavy (non-hydrogen) atoms. The molecule has 0 spiro atoms. The van der Waals surface area contributed by atoms with Crippen LogP contribution in [0.4, 0.5) is 5.69 Å². The van der Waals surface area contributed by atoms with Gasteiger partial charge in [0.25, 0.3) is 0 Å². The number of carbonyl (C=O) groups excluding carboxylic acids is 1. The average molecular weight is 334 g/mol. The Kier molecular flexibility index (Phi) is 5.97. The van der Waals surface area contributed by atoms with Crippen molar-refractivity contribution in [2.45, 2.75) is 26.2 Å². The molecule has 2 aromatic carbocycles. The van der Waals surface area contributed by atoms with Crippen LogP contribution in [0.5, 0.6) is 5.75 Å². The summed E-state index contributed by atoms with van der Waals surface area (Å²) in [6.45, 7) is 6.51. The third-order valence-electron chi connectivity index (χ3n) is 3.63. The first-order chi connectivity index (χ1) is 11.9. The normalized spacial score (nSPS) is 11.1. The maximum Gasteiger partial charge on any atom is 0.248 e. The molecular formula is C21H22N2O2. The van der Waals surface area contributed by atoms with Crippen LogP contribution in [-0.2, 0) is 10.2 Å². The first-order valence-corrected chi connectivity index (χ1v) is 8.08. The zero-order valence-electron chi connectivity index (χ0n) is 14.7. The number of hydrogen-bond acceptors (Lipinski definition) is 3. The minimum Gasteiger partial charge on any atom is -0.479 e. The SMILES string of the molecule is CC(C)(C)c1ccc(C=CC(=O)Nc2ccc(OCC#N)cc2)cc1. The molecule has 0 aliphatic heterocycles. The number of ether oxygens (including phenoxy) is 1. The molecule has 0 bridgehead atoms. The number of nitriles is 1. The summed E-state index contributed by atoms with van der Waals surface area (Å²) in [6, 6.07) is 17.0. The molecule has 0 heterocycles. The van der Waals surface area contributed by atoms with Crippen molar-refractivity contribution < 1.29 is 9.53 Å². The highest BCUT2D eigenvalue weighted by molar-refractivity contribution is 6.01. The van der Waals surface area contributed by atoms with Crippen LogP contribution in [0.25, 0.3) is 6.08 Å². The molecule has 0 aliphatic rings. The van der Waals surface area contributed by atoms with E-state index < -0.39 is 0 Å². The third kappa shape index (κ3) is 5.82. The Morgan fingerprint density at radius 3 is 2.32 bits per heavy atom. The second-order valence-corrected chi connectivity index (χ2v) is 6.67. The molecule has 4 heteroatoms. The number of nitrogens with one attached hydrogen (secondary N) is 1. The van der Waals surface area contributed by atoms with Crippen LogP contribution in [-0.4, -0.2) is 12.5 Å². The highest BCUT2D eigenvalue weighted by atomic mass is 16.5. The minimum atomic E-state index is -0.203. The van der Waals surface area contributed by atoms with Gasteiger partial charge in [-0.05, 0) is 46.9 Å². The second-order valence-electron chi connectivity index (χ2n) is 6.67. The van der Waals surface area contributed by atoms with Gasteiger partial charge < -0.3 is 10.1 Å². The molecule has 1 N–H and O–H groups in total. The number of amides is 1. The van der Waals surface area contributed by atoms with Gasteiger partial charge in [0.1, 0.15) is 11.8 Å². The predicted molar refractivity (Wildman–Crippen MR) is 100 cm³/mol. The average Bonchev–Trinajstić information content (AvgIpc) is 2.59. The molecule has 1 amide bonds. The van der Waals surface area contributed by atoms with Crippen molar-refractivity contribution in [1.29, 1.82) is 5.26 Å². The summed E-state index contributed by atoms with van der Waals surface area (Å²) < 4.78 is 5.17. The van der Waals surface area contributed by atoms with Crippen molar-refractivity contribution in [2.75, 3.05) is 11.9 Å². The maximum absolute atomic E-state index is 12.0. The Balaban J connectivity index is 1.93. The standard InChI is InChI=1S/C21H22N2O2/c1-21(2,3)17-7-4-16(5-8-17)6-13-20(24)23-18-9-11-19(12-10-18)25-15-14-22/h4-13H,15H2,1-3H3,(H,23,24). The van der Waals surface area contributed by atoms with E-state index in [1.807, 2.05) is 18.2 Å². The van der Waals surface area contributed by atoms with Gasteiger partial charge in [-0.1, -0.05) is 45.0 Å². The molecular weight excluding hydrogens is 312 g/mol. The number of anilines is 1. The molecule has 4 nitrogen and oxygen atoms in total. The van der Waals surface area contributed by atoms with Crippen molar-refractivity contribution in [3.05, 3.63) is 65.7 Å². The van der Waals surface area contributed by atoms with Crippen LogP contribution in [0.2, 0.25) is 0 Å². The predicted octanol–water partition coefficient (Wildman–Crippen LogP) is 4.54. The highest BCUT2D eigenvalue weighted by Crippen LogP contribution is 2.22. The second kappa shape index (κ2) is 8.16. The van der Waals surface area contributed by atoms with Gasteiger partial charge in [-0.3, -0.25) is 4.79 Å². The number of carbonyl (C=O) groups is 1. The maximum atomic E-state index is 12.0. The Morgan fingerprint density at radius 1 is 1.12 bits per heavy atom. The van der Waals surface area contributed by atoms with Crippen LogP contribution in [0.15, 0.2) is 54.6 Å². The third-order valence-corrected chi connectivity index (χ3v) is 3.63. The van der Waals surface area contributed by atoms with Crippen molar-refractivity contribution in [1.82, 2.24) is 0 Å². The highest BCUT2D eigenvalue weighted by Gasteiger charge is 2.12. The van der Waals surface area contributed by atoms with Gasteiger partial charge >= 0.3 is 0 Å². The lowest BCUT2D eigenvalue weighted by molar-refractivity contribution is -0.111. The summed E-state index contributed by atoms with van der Waals surface area (Å²) in [4.78, 5) is 12.0. The van der Waals surface area contributed by atoms with E-state index in [4.69, 9.17) is 10.00 Å². The van der Waals surface area contributed by atoms with Gasteiger partial charge in [0.2, 0.25) is 5.91 Å². The monoisotopic (exact) mass is 334 g/mol. The Labute approximate surface area is 148 Å². The van der Waals surface area contributed by atoms with E-state index in [0.717, 1.165) is 5.56 Å². The summed E-state index contributed by atoms with van der Waals surface area (Å²) in [7, 11) is 0. The summed E-state index contributed by atoms with van der Waals surface area (Å²) >= 11 is 0. The topological polar surface area (TPSA) is 62.1 Å². The van der Waals surface area contributed by atoms with Crippen molar-refractivity contribution in [3.8, 4) is 11.8 Å². The number of rotatable bonds is 5. The number of hydrogen-bond donors (Lipinski definition) is 1. The molecule has 0 unspecified atom stereocenters. The van der Waals surface area contributed by atoms with Gasteiger partial charge in [0, 0.05) is 11.8 Å². The summed E-state index contributed by atoms with van der Waals surface area (Å²) in [5.74, 6) is 0.389. The van der Waals surface area contributed by atoms with E-state index in [1.54, 1.807) is 30.3 Å². The Hall–Kier alpha value is -3.06. The summed E-state index contributed by atoms with van der Waals surface area (Å²) in [6.07, 6.45) is 3.29. The molecule has 128 valence electrons. The lowest BCUT2D eigenvalue weighted by atomic mass is 9.87. The van der Waals surface area contributed by atoms with Gasteiger partial charge in [0.15, 0.2) is 6.61 Å². The van der Waals surface area contributed by atoms with E-state index in [1.165, 1.54) is 11.6 Å². The van der Waals surface area contributed by atoms with E-state index in [0.29, 0.717) is 11.4 Å². The molecule has 0 radical (unpaired) electrons. The molecule has 0 fully saturated rings. The van der Waals surface area contributed by atoms with Crippen molar-refractivity contribution in [3.63, 3.8) is 0 Å². The summed E-state index contributed by atoms with van der Waals surface area (Å²) in [5.41, 5.74) is 3.01. The van der Waals surface area contributed by atoms with Gasteiger partial charge in [0.05, 0.1) is 0 Å². The van der Waals surface area contributed by atoms with Crippen LogP contribution in [0.3, 0.4) is 0 Å². The fourth-order valence-electron chi connectivity index (χ4n) is 2.20. The van der Waals surface area contributed by atoms with E-state index >= 15 is 0 Å². The van der Waals surface area contributed by atoms with Gasteiger partial charge in [-0.25, -0.2) is 0 Å². The zero-order chi connectivity index (χ0) is 18.3. The molecule has 2 rings (SSSR count). The van der Waals surface area contributed by atoms with Crippen LogP contribution in [0.1, 0.15) is 31.9 Å². The molecule has 0 atom stereocenters. The first kappa shape index (κ1) is 18.3. The van der Waals surface area contributed by atoms with Crippen LogP contribution >= 0.6 is 0 Å². The lowest BCUT2D eigenvalue weighted by Crippen LogP contribution is -2.10. The minimum absolute atomic E-state index is 0.00243. The Morgan fingerprint density at radius 2 is 1.76 bits per heavy atom. The van der Waals surface area contributed by atoms with Crippen molar-refractivity contribution in [2.24, 2.45) is 0 Å². The van der Waals surface area contributed by atoms with Gasteiger partial charge in [-0.15, -0.1) is 0 Å². The lowest BCUT2D eigenvalue weighted by Gasteiger charge is -2.18. The number of nitrogens with zero attached hydrogens (tertiary/aromatic N) is 1. The fourth-order valence-corrected chi connectivity index (χ4v) is 2.20. The quantitative estimate of drug-likeness (QED) is 0.817. The largest absolute Gasteiger partial charge is 0.479 e. The van der Waals surface area contributed by atoms with Gasteiger partial charge in [-0.2, -0.15) is 5.26 Å². The molecule has 0 saturated carbocycles. The first-order valence-electron chi connectivity index (χ1n) is 8.08. The molecule has 0 aromatic heterocycles. The van der Waals surface area contributed by atoms with E-state index in [2.05, 4.69) is 38.2 Å². The van der Waals surface area contributed by atoms with Crippen LogP contribution < -0.4 is 10.1 Å². The molecule has 2 aromatic rings. The van der Waals surface area contributed by atoms with E-state index in [-0.39, 0.29) is 17.9 Å². The van der Waals surface area contributed by atoms with Crippen LogP contribution in [0, 0.1) is 11.3 Å². The summed E-state index contributed by atoms with van der Waals surface area (Å²) in [5, 5.41) is 11.3. The van der Waals surface area contributed by atoms with E-state index in [9.17, 15) is 4.79 Å². The Bertz CT molecular complexity index is 777. The molecule has 0 aliphatic carbocycles. The smallest absolute Gasteiger partial charge is 0.248 e. The number of benzene rings is 2. The van der Waals surface area contributed by atoms with Crippen molar-refractivity contribution >= 4 is 17.7 Å². The zero-order valence-corrected chi connectivity index (χ0v) is 14.7. The fraction of sp³-hybridized carbons (Fsp3) is 0.238. The molecule has 0 saturated heterocycles.